The summed E-state index contributed by atoms with van der Waals surface area (Å²) >= 11 is 0. The molecule has 2 N–H and O–H groups in total. The molecule has 1 aliphatic heterocycles. The molecule has 1 saturated heterocycles. The van der Waals surface area contributed by atoms with Crippen LogP contribution in [0.5, 0.6) is 0 Å². The molecule has 0 aromatic carbocycles. The zero-order valence-corrected chi connectivity index (χ0v) is 10.6. The molecule has 19 heavy (non-hydrogen) atoms. The zero-order valence-electron chi connectivity index (χ0n) is 10.6. The molecule has 0 radical (unpaired) electrons. The third-order valence-corrected chi connectivity index (χ3v) is 2.94. The van der Waals surface area contributed by atoms with Crippen LogP contribution in [0.4, 0.5) is 24.8 Å². The lowest BCUT2D eigenvalue weighted by Crippen LogP contribution is -2.49. The van der Waals surface area contributed by atoms with Gasteiger partial charge >= 0.3 is 6.18 Å². The van der Waals surface area contributed by atoms with Crippen LogP contribution in [0, 0.1) is 6.92 Å². The SMILES string of the molecule is Cc1nc(N)cc(N2CCN(CC(F)(F)F)CC2)n1. The predicted octanol–water partition coefficient (Wildman–Crippen LogP) is 1.05. The topological polar surface area (TPSA) is 58.3 Å². The minimum absolute atomic E-state index is 0.364. The first kappa shape index (κ1) is 13.9. The number of aryl methyl sites for hydroxylation is 1. The standard InChI is InChI=1S/C11H16F3N5/c1-8-16-9(15)6-10(17-8)19-4-2-18(3-5-19)7-11(12,13)14/h6H,2-5,7H2,1H3,(H2,15,16,17). The highest BCUT2D eigenvalue weighted by Gasteiger charge is 2.32. The van der Waals surface area contributed by atoms with E-state index in [0.29, 0.717) is 43.6 Å². The van der Waals surface area contributed by atoms with Gasteiger partial charge in [-0.2, -0.15) is 13.2 Å². The van der Waals surface area contributed by atoms with Crippen LogP contribution in [0.25, 0.3) is 0 Å². The fraction of sp³-hybridized carbons (Fsp3) is 0.636. The molecule has 106 valence electrons. The minimum atomic E-state index is -4.14. The van der Waals surface area contributed by atoms with Crippen LogP contribution in [0.15, 0.2) is 6.07 Å². The molecule has 0 atom stereocenters. The lowest BCUT2D eigenvalue weighted by Gasteiger charge is -2.35. The van der Waals surface area contributed by atoms with Gasteiger partial charge in [-0.1, -0.05) is 0 Å². The molecule has 8 heteroatoms. The van der Waals surface area contributed by atoms with Crippen molar-refractivity contribution in [2.75, 3.05) is 43.4 Å². The first-order valence-electron chi connectivity index (χ1n) is 5.99. The summed E-state index contributed by atoms with van der Waals surface area (Å²) in [7, 11) is 0. The first-order chi connectivity index (χ1) is 8.83. The fourth-order valence-electron chi connectivity index (χ4n) is 2.13. The largest absolute Gasteiger partial charge is 0.401 e. The smallest absolute Gasteiger partial charge is 0.384 e. The van der Waals surface area contributed by atoms with E-state index in [1.807, 2.05) is 4.90 Å². The summed E-state index contributed by atoms with van der Waals surface area (Å²) in [6, 6.07) is 1.65. The van der Waals surface area contributed by atoms with E-state index in [1.165, 1.54) is 4.90 Å². The monoisotopic (exact) mass is 275 g/mol. The van der Waals surface area contributed by atoms with Crippen molar-refractivity contribution in [2.45, 2.75) is 13.1 Å². The summed E-state index contributed by atoms with van der Waals surface area (Å²) < 4.78 is 36.8. The first-order valence-corrected chi connectivity index (χ1v) is 5.99. The van der Waals surface area contributed by atoms with Gasteiger partial charge in [0, 0.05) is 32.2 Å². The predicted molar refractivity (Wildman–Crippen MR) is 65.9 cm³/mol. The molecule has 1 aromatic rings. The van der Waals surface area contributed by atoms with Crippen LogP contribution in [0.1, 0.15) is 5.82 Å². The second-order valence-corrected chi connectivity index (χ2v) is 4.58. The Labute approximate surface area is 109 Å². The average molecular weight is 275 g/mol. The van der Waals surface area contributed by atoms with Crippen LogP contribution in [-0.4, -0.2) is 53.8 Å². The summed E-state index contributed by atoms with van der Waals surface area (Å²) in [6.07, 6.45) is -4.14. The van der Waals surface area contributed by atoms with E-state index >= 15 is 0 Å². The van der Waals surface area contributed by atoms with E-state index in [9.17, 15) is 13.2 Å². The summed E-state index contributed by atoms with van der Waals surface area (Å²) in [5.41, 5.74) is 5.64. The second kappa shape index (κ2) is 5.20. The van der Waals surface area contributed by atoms with E-state index in [-0.39, 0.29) is 0 Å². The number of hydrogen-bond acceptors (Lipinski definition) is 5. The molecule has 1 aromatic heterocycles. The molecule has 5 nitrogen and oxygen atoms in total. The van der Waals surface area contributed by atoms with E-state index < -0.39 is 12.7 Å². The Morgan fingerprint density at radius 1 is 1.21 bits per heavy atom. The molecule has 2 rings (SSSR count). The number of rotatable bonds is 2. The van der Waals surface area contributed by atoms with Crippen LogP contribution < -0.4 is 10.6 Å². The molecule has 0 bridgehead atoms. The number of aromatic nitrogens is 2. The maximum absolute atomic E-state index is 12.3. The van der Waals surface area contributed by atoms with E-state index in [2.05, 4.69) is 9.97 Å². The molecule has 2 heterocycles. The van der Waals surface area contributed by atoms with Crippen molar-refractivity contribution in [3.8, 4) is 0 Å². The molecular weight excluding hydrogens is 259 g/mol. The van der Waals surface area contributed by atoms with Gasteiger partial charge in [-0.3, -0.25) is 4.90 Å². The molecular formula is C11H16F3N5. The highest BCUT2D eigenvalue weighted by atomic mass is 19.4. The third kappa shape index (κ3) is 3.95. The van der Waals surface area contributed by atoms with Gasteiger partial charge in [0.15, 0.2) is 0 Å². The van der Waals surface area contributed by atoms with Crippen molar-refractivity contribution in [1.29, 1.82) is 0 Å². The van der Waals surface area contributed by atoms with Crippen molar-refractivity contribution >= 4 is 11.6 Å². The number of nitrogens with two attached hydrogens (primary N) is 1. The molecule has 0 unspecified atom stereocenters. The highest BCUT2D eigenvalue weighted by molar-refractivity contribution is 5.47. The highest BCUT2D eigenvalue weighted by Crippen LogP contribution is 2.20. The maximum Gasteiger partial charge on any atom is 0.401 e. The Morgan fingerprint density at radius 3 is 2.37 bits per heavy atom. The van der Waals surface area contributed by atoms with Gasteiger partial charge in [0.25, 0.3) is 0 Å². The minimum Gasteiger partial charge on any atom is -0.384 e. The molecule has 0 aliphatic carbocycles. The van der Waals surface area contributed by atoms with E-state index in [1.54, 1.807) is 13.0 Å². The number of alkyl halides is 3. The summed E-state index contributed by atoms with van der Waals surface area (Å²) in [5, 5.41) is 0. The van der Waals surface area contributed by atoms with Gasteiger partial charge in [-0.25, -0.2) is 9.97 Å². The lowest BCUT2D eigenvalue weighted by atomic mass is 10.3. The number of piperazine rings is 1. The molecule has 1 fully saturated rings. The normalized spacial score (nSPS) is 17.8. The lowest BCUT2D eigenvalue weighted by molar-refractivity contribution is -0.146. The fourth-order valence-corrected chi connectivity index (χ4v) is 2.13. The van der Waals surface area contributed by atoms with E-state index in [0.717, 1.165) is 0 Å². The number of nitrogen functional groups attached to an aromatic ring is 1. The number of hydrogen-bond donors (Lipinski definition) is 1. The van der Waals surface area contributed by atoms with Crippen molar-refractivity contribution in [3.05, 3.63) is 11.9 Å². The quantitative estimate of drug-likeness (QED) is 0.874. The number of anilines is 2. The average Bonchev–Trinajstić information content (AvgIpc) is 2.26. The van der Waals surface area contributed by atoms with Crippen molar-refractivity contribution in [1.82, 2.24) is 14.9 Å². The molecule has 1 aliphatic rings. The Morgan fingerprint density at radius 2 is 1.84 bits per heavy atom. The van der Waals surface area contributed by atoms with Crippen molar-refractivity contribution in [2.24, 2.45) is 0 Å². The summed E-state index contributed by atoms with van der Waals surface area (Å²) in [6.45, 7) is 2.62. The Hall–Kier alpha value is -1.57. The number of nitrogens with zero attached hydrogens (tertiary/aromatic N) is 4. The van der Waals surface area contributed by atoms with Crippen molar-refractivity contribution < 1.29 is 13.2 Å². The zero-order chi connectivity index (χ0) is 14.0. The van der Waals surface area contributed by atoms with Gasteiger partial charge < -0.3 is 10.6 Å². The van der Waals surface area contributed by atoms with Gasteiger partial charge in [-0.05, 0) is 6.92 Å². The molecule has 0 spiro atoms. The van der Waals surface area contributed by atoms with Gasteiger partial charge in [0.1, 0.15) is 17.5 Å². The van der Waals surface area contributed by atoms with Crippen LogP contribution in [-0.2, 0) is 0 Å². The van der Waals surface area contributed by atoms with E-state index in [4.69, 9.17) is 5.73 Å². The van der Waals surface area contributed by atoms with Gasteiger partial charge in [-0.15, -0.1) is 0 Å². The Balaban J connectivity index is 1.96. The van der Waals surface area contributed by atoms with Crippen LogP contribution in [0.3, 0.4) is 0 Å². The Kier molecular flexibility index (Phi) is 3.79. The molecule has 0 amide bonds. The maximum atomic E-state index is 12.3. The Bertz CT molecular complexity index is 420. The number of halogens is 3. The summed E-state index contributed by atoms with van der Waals surface area (Å²) in [4.78, 5) is 11.5. The third-order valence-electron chi connectivity index (χ3n) is 2.94. The van der Waals surface area contributed by atoms with Crippen LogP contribution >= 0.6 is 0 Å². The summed E-state index contributed by atoms with van der Waals surface area (Å²) in [5.74, 6) is 1.62. The molecule has 0 saturated carbocycles. The van der Waals surface area contributed by atoms with Gasteiger partial charge in [0.2, 0.25) is 0 Å². The second-order valence-electron chi connectivity index (χ2n) is 4.58. The van der Waals surface area contributed by atoms with Gasteiger partial charge in [0.05, 0.1) is 6.54 Å². The van der Waals surface area contributed by atoms with Crippen molar-refractivity contribution in [3.63, 3.8) is 0 Å². The van der Waals surface area contributed by atoms with Crippen LogP contribution in [0.2, 0.25) is 0 Å².